The van der Waals surface area contributed by atoms with Crippen LogP contribution in [0.15, 0.2) is 48.6 Å². The zero-order valence-corrected chi connectivity index (χ0v) is 30.7. The molecule has 9 heteroatoms. The molecule has 1 rings (SSSR count). The van der Waals surface area contributed by atoms with E-state index in [0.29, 0.717) is 6.42 Å². The molecule has 7 atom stereocenters. The van der Waals surface area contributed by atoms with Gasteiger partial charge in [0.1, 0.15) is 24.4 Å². The summed E-state index contributed by atoms with van der Waals surface area (Å²) >= 11 is 0. The molecule has 0 saturated carbocycles. The van der Waals surface area contributed by atoms with E-state index >= 15 is 0 Å². The summed E-state index contributed by atoms with van der Waals surface area (Å²) in [5.74, 6) is -0.213. The van der Waals surface area contributed by atoms with Gasteiger partial charge in [-0.25, -0.2) is 0 Å². The predicted molar refractivity (Wildman–Crippen MR) is 198 cm³/mol. The molecule has 1 amide bonds. The highest BCUT2D eigenvalue weighted by Crippen LogP contribution is 2.22. The zero-order chi connectivity index (χ0) is 36.0. The summed E-state index contributed by atoms with van der Waals surface area (Å²) in [5.41, 5.74) is 0. The van der Waals surface area contributed by atoms with Crippen molar-refractivity contribution in [2.75, 3.05) is 13.2 Å². The lowest BCUT2D eigenvalue weighted by Crippen LogP contribution is -2.60. The molecule has 0 aromatic rings. The van der Waals surface area contributed by atoms with Crippen LogP contribution >= 0.6 is 0 Å². The van der Waals surface area contributed by atoms with Gasteiger partial charge in [-0.05, 0) is 51.4 Å². The monoisotopic (exact) mass is 694 g/mol. The minimum absolute atomic E-state index is 0.213. The molecule has 0 bridgehead atoms. The third kappa shape index (κ3) is 22.6. The van der Waals surface area contributed by atoms with Gasteiger partial charge >= 0.3 is 0 Å². The quantitative estimate of drug-likeness (QED) is 0.0276. The average molecular weight is 694 g/mol. The largest absolute Gasteiger partial charge is 0.394 e. The van der Waals surface area contributed by atoms with Crippen LogP contribution in [0.4, 0.5) is 0 Å². The molecule has 2 unspecified atom stereocenters. The van der Waals surface area contributed by atoms with E-state index in [0.717, 1.165) is 57.8 Å². The minimum atomic E-state index is -1.58. The van der Waals surface area contributed by atoms with E-state index in [4.69, 9.17) is 9.47 Å². The summed E-state index contributed by atoms with van der Waals surface area (Å²) in [7, 11) is 0. The van der Waals surface area contributed by atoms with Crippen molar-refractivity contribution in [2.24, 2.45) is 0 Å². The molecule has 1 aliphatic heterocycles. The van der Waals surface area contributed by atoms with Crippen molar-refractivity contribution < 1.29 is 39.8 Å². The molecule has 1 heterocycles. The number of nitrogens with one attached hydrogen (secondary N) is 1. The Morgan fingerprint density at radius 3 is 1.90 bits per heavy atom. The molecule has 0 radical (unpaired) electrons. The van der Waals surface area contributed by atoms with E-state index in [2.05, 4.69) is 49.5 Å². The number of unbranched alkanes of at least 4 members (excludes halogenated alkanes) is 15. The van der Waals surface area contributed by atoms with E-state index < -0.39 is 49.5 Å². The van der Waals surface area contributed by atoms with Crippen LogP contribution in [0.2, 0.25) is 0 Å². The van der Waals surface area contributed by atoms with Gasteiger partial charge in [0.15, 0.2) is 6.29 Å². The number of hydrogen-bond acceptors (Lipinski definition) is 8. The van der Waals surface area contributed by atoms with E-state index in [1.807, 2.05) is 6.08 Å². The topological polar surface area (TPSA) is 149 Å². The second-order valence-corrected chi connectivity index (χ2v) is 13.4. The van der Waals surface area contributed by atoms with Crippen LogP contribution in [0.5, 0.6) is 0 Å². The number of amides is 1. The van der Waals surface area contributed by atoms with Crippen LogP contribution in [0.1, 0.15) is 142 Å². The Kier molecular flexibility index (Phi) is 28.5. The van der Waals surface area contributed by atoms with Crippen LogP contribution in [0.3, 0.4) is 0 Å². The lowest BCUT2D eigenvalue weighted by molar-refractivity contribution is -0.302. The van der Waals surface area contributed by atoms with Gasteiger partial charge in [0.25, 0.3) is 0 Å². The van der Waals surface area contributed by atoms with Crippen molar-refractivity contribution in [3.63, 3.8) is 0 Å². The normalized spacial score (nSPS) is 23.0. The van der Waals surface area contributed by atoms with Crippen molar-refractivity contribution in [1.82, 2.24) is 5.32 Å². The van der Waals surface area contributed by atoms with Gasteiger partial charge in [-0.15, -0.1) is 0 Å². The van der Waals surface area contributed by atoms with Gasteiger partial charge in [-0.2, -0.15) is 0 Å². The zero-order valence-electron chi connectivity index (χ0n) is 30.7. The molecule has 1 saturated heterocycles. The Bertz CT molecular complexity index is 905. The smallest absolute Gasteiger partial charge is 0.220 e. The minimum Gasteiger partial charge on any atom is -0.394 e. The maximum Gasteiger partial charge on any atom is 0.220 e. The molecule has 0 aromatic heterocycles. The fourth-order valence-corrected chi connectivity index (χ4v) is 5.71. The molecule has 6 N–H and O–H groups in total. The number of allylic oxidation sites excluding steroid dienone is 7. The highest BCUT2D eigenvalue weighted by molar-refractivity contribution is 5.76. The fraction of sp³-hybridized carbons (Fsp3) is 0.775. The van der Waals surface area contributed by atoms with Crippen molar-refractivity contribution >= 4 is 5.91 Å². The van der Waals surface area contributed by atoms with Crippen LogP contribution in [0, 0.1) is 0 Å². The fourth-order valence-electron chi connectivity index (χ4n) is 5.71. The number of aliphatic hydroxyl groups excluding tert-OH is 5. The first-order valence-electron chi connectivity index (χ1n) is 19.4. The first kappa shape index (κ1) is 45.2. The van der Waals surface area contributed by atoms with Gasteiger partial charge in [0.2, 0.25) is 5.91 Å². The van der Waals surface area contributed by atoms with Gasteiger partial charge in [0, 0.05) is 6.42 Å². The highest BCUT2D eigenvalue weighted by atomic mass is 16.7. The lowest BCUT2D eigenvalue weighted by atomic mass is 9.99. The number of carbonyl (C=O) groups is 1. The number of aliphatic hydroxyl groups is 5. The van der Waals surface area contributed by atoms with E-state index in [9.17, 15) is 30.3 Å². The standard InChI is InChI=1S/C40H71NO8/c1-3-5-7-9-11-13-15-16-17-18-20-22-24-26-28-30-36(44)41-33(32-48-40-39(47)38(46)37(45)35(31-42)49-40)34(43)29-27-25-23-21-19-14-12-10-8-6-4-2/h11,13,16-17,23,25,27,29,33-35,37-40,42-43,45-47H,3-10,12,14-15,18-22,24,26,28,30-32H2,1-2H3,(H,41,44)/b13-11+,17-16+,25-23+,29-27+/t33-,34+,35-,37-,38?,39?,40-/m0/s1. The molecule has 0 spiro atoms. The van der Waals surface area contributed by atoms with Crippen molar-refractivity contribution in [1.29, 1.82) is 0 Å². The second-order valence-electron chi connectivity index (χ2n) is 13.4. The summed E-state index contributed by atoms with van der Waals surface area (Å²) in [6, 6.07) is -0.842. The summed E-state index contributed by atoms with van der Waals surface area (Å²) < 4.78 is 11.1. The third-order valence-electron chi connectivity index (χ3n) is 8.93. The van der Waals surface area contributed by atoms with Crippen molar-refractivity contribution in [2.45, 2.75) is 185 Å². The van der Waals surface area contributed by atoms with Crippen molar-refractivity contribution in [3.8, 4) is 0 Å². The summed E-state index contributed by atoms with van der Waals surface area (Å²) in [5, 5.41) is 53.8. The van der Waals surface area contributed by atoms with Crippen LogP contribution < -0.4 is 5.32 Å². The first-order valence-corrected chi connectivity index (χ1v) is 19.4. The molecule has 1 aliphatic rings. The third-order valence-corrected chi connectivity index (χ3v) is 8.93. The Morgan fingerprint density at radius 1 is 0.714 bits per heavy atom. The van der Waals surface area contributed by atoms with Crippen molar-refractivity contribution in [3.05, 3.63) is 48.6 Å². The molecule has 0 aromatic carbocycles. The van der Waals surface area contributed by atoms with Gasteiger partial charge < -0.3 is 40.3 Å². The Balaban J connectivity index is 2.49. The summed E-state index contributed by atoms with van der Waals surface area (Å²) in [6.45, 7) is 3.65. The number of carbonyl (C=O) groups excluding carboxylic acids is 1. The Labute approximate surface area is 297 Å². The van der Waals surface area contributed by atoms with E-state index in [1.165, 1.54) is 64.2 Å². The first-order chi connectivity index (χ1) is 23.8. The maximum atomic E-state index is 12.8. The number of hydrogen-bond donors (Lipinski definition) is 6. The highest BCUT2D eigenvalue weighted by Gasteiger charge is 2.44. The molecular weight excluding hydrogens is 622 g/mol. The van der Waals surface area contributed by atoms with Crippen LogP contribution in [0.25, 0.3) is 0 Å². The predicted octanol–water partition coefficient (Wildman–Crippen LogP) is 6.72. The maximum absolute atomic E-state index is 12.8. The van der Waals surface area contributed by atoms with E-state index in [-0.39, 0.29) is 12.5 Å². The van der Waals surface area contributed by atoms with Gasteiger partial charge in [-0.1, -0.05) is 133 Å². The second kappa shape index (κ2) is 30.9. The molecule has 284 valence electrons. The average Bonchev–Trinajstić information content (AvgIpc) is 3.10. The molecular formula is C40H71NO8. The number of ether oxygens (including phenoxy) is 2. The molecule has 0 aliphatic carbocycles. The molecule has 9 nitrogen and oxygen atoms in total. The summed E-state index contributed by atoms with van der Waals surface area (Å²) in [6.07, 6.45) is 30.2. The summed E-state index contributed by atoms with van der Waals surface area (Å²) in [4.78, 5) is 12.8. The van der Waals surface area contributed by atoms with Crippen LogP contribution in [-0.2, 0) is 14.3 Å². The number of rotatable bonds is 30. The molecule has 1 fully saturated rings. The Hall–Kier alpha value is -1.85. The molecule has 49 heavy (non-hydrogen) atoms. The van der Waals surface area contributed by atoms with Crippen LogP contribution in [-0.4, -0.2) is 87.5 Å². The van der Waals surface area contributed by atoms with Gasteiger partial charge in [0.05, 0.1) is 25.4 Å². The Morgan fingerprint density at radius 2 is 1.27 bits per heavy atom. The lowest BCUT2D eigenvalue weighted by Gasteiger charge is -2.40. The SMILES string of the molecule is CCCCC/C=C/C/C=C/CCCCCCCC(=O)N[C@@H](CO[C@H]1O[C@@H](CO)[C@H](O)C(O)C1O)[C@H](O)/C=C/C=C/CCCCCCCCC. The van der Waals surface area contributed by atoms with Gasteiger partial charge in [-0.3, -0.25) is 4.79 Å². The van der Waals surface area contributed by atoms with E-state index in [1.54, 1.807) is 12.2 Å².